The molecule has 0 radical (unpaired) electrons. The fourth-order valence-corrected chi connectivity index (χ4v) is 7.42. The van der Waals surface area contributed by atoms with Gasteiger partial charge in [-0.25, -0.2) is 0 Å². The molecule has 0 unspecified atom stereocenters. The summed E-state index contributed by atoms with van der Waals surface area (Å²) in [6.45, 7) is 0. The Morgan fingerprint density at radius 3 is 1.83 bits per heavy atom. The Hall–Kier alpha value is -6.90. The van der Waals surface area contributed by atoms with E-state index in [2.05, 4.69) is 66.7 Å². The molecule has 0 atom stereocenters. The number of hydrogen-bond acceptors (Lipinski definition) is 2. The molecule has 0 aliphatic carbocycles. The number of nitrogens with zero attached hydrogens (tertiary/aromatic N) is 1. The highest BCUT2D eigenvalue weighted by molar-refractivity contribution is 6.19. The molecule has 9 aromatic carbocycles. The van der Waals surface area contributed by atoms with Crippen LogP contribution < -0.4 is 4.90 Å². The van der Waals surface area contributed by atoms with Crippen LogP contribution in [0.5, 0.6) is 0 Å². The lowest BCUT2D eigenvalue weighted by Gasteiger charge is -2.27. The van der Waals surface area contributed by atoms with Crippen molar-refractivity contribution >= 4 is 60.5 Å². The monoisotopic (exact) mass is 667 g/mol. The van der Waals surface area contributed by atoms with Crippen molar-refractivity contribution in [2.75, 3.05) is 4.90 Å². The van der Waals surface area contributed by atoms with E-state index in [1.54, 1.807) is 0 Å². The highest BCUT2D eigenvalue weighted by Crippen LogP contribution is 2.45. The number of benzene rings is 9. The molecule has 0 saturated heterocycles. The predicted octanol–water partition coefficient (Wildman–Crippen LogP) is 14.4. The summed E-state index contributed by atoms with van der Waals surface area (Å²) in [6.07, 6.45) is 0. The van der Waals surface area contributed by atoms with Crippen LogP contribution in [0.4, 0.5) is 17.1 Å². The van der Waals surface area contributed by atoms with Crippen molar-refractivity contribution in [3.8, 4) is 33.4 Å². The minimum atomic E-state index is -0.140. The topological polar surface area (TPSA) is 16.4 Å². The molecular weight excluding hydrogens is 631 g/mol. The molecule has 0 N–H and O–H groups in total. The molecule has 0 amide bonds. The summed E-state index contributed by atoms with van der Waals surface area (Å²) >= 11 is 0. The minimum absolute atomic E-state index is 0.112. The third-order valence-corrected chi connectivity index (χ3v) is 9.93. The maximum atomic E-state index is 9.64. The van der Waals surface area contributed by atoms with Crippen LogP contribution in [0, 0.1) is 0 Å². The van der Waals surface area contributed by atoms with Crippen LogP contribution in [0.3, 0.4) is 0 Å². The van der Waals surface area contributed by atoms with Gasteiger partial charge in [-0.1, -0.05) is 158 Å². The average Bonchev–Trinajstić information content (AvgIpc) is 3.65. The zero-order chi connectivity index (χ0) is 37.9. The molecule has 10 rings (SSSR count). The van der Waals surface area contributed by atoms with Gasteiger partial charge in [-0.3, -0.25) is 0 Å². The molecule has 0 aliphatic heterocycles. The van der Waals surface area contributed by atoms with Crippen molar-refractivity contribution in [1.29, 1.82) is 0 Å². The van der Waals surface area contributed by atoms with Crippen molar-refractivity contribution in [1.82, 2.24) is 0 Å². The van der Waals surface area contributed by atoms with Gasteiger partial charge < -0.3 is 9.32 Å². The van der Waals surface area contributed by atoms with Crippen LogP contribution in [0.25, 0.3) is 76.9 Å². The second-order valence-electron chi connectivity index (χ2n) is 13.0. The Morgan fingerprint density at radius 1 is 0.404 bits per heavy atom. The maximum absolute atomic E-state index is 9.64. The summed E-state index contributed by atoms with van der Waals surface area (Å²) in [7, 11) is 0. The molecule has 1 heterocycles. The Morgan fingerprint density at radius 2 is 1.02 bits per heavy atom. The summed E-state index contributed by atoms with van der Waals surface area (Å²) in [6, 6.07) is 58.0. The van der Waals surface area contributed by atoms with Crippen molar-refractivity contribution < 1.29 is 9.90 Å². The second-order valence-corrected chi connectivity index (χ2v) is 13.0. The lowest BCUT2D eigenvalue weighted by Crippen LogP contribution is -2.10. The molecule has 0 aliphatic rings. The van der Waals surface area contributed by atoms with E-state index >= 15 is 0 Å². The van der Waals surface area contributed by atoms with Crippen LogP contribution in [-0.4, -0.2) is 0 Å². The Labute approximate surface area is 308 Å². The zero-order valence-corrected chi connectivity index (χ0v) is 28.1. The summed E-state index contributed by atoms with van der Waals surface area (Å²) < 4.78 is 44.7. The van der Waals surface area contributed by atoms with Gasteiger partial charge in [0.25, 0.3) is 0 Å². The van der Waals surface area contributed by atoms with E-state index in [-0.39, 0.29) is 35.4 Å². The SMILES string of the molecule is [2H]c1c([2H])c(N(c2cccc(-c3cccc4ccccc34)c2)c2cccc3oc4c5ccccc5ccc4c23)c([2H])c([2H])c1-c1ccc(-c2ccccc2)cc1. The molecule has 244 valence electrons. The molecule has 2 nitrogen and oxygen atoms in total. The molecule has 0 spiro atoms. The standard InChI is InChI=1S/C50H33NO/c1-2-11-34(12-3-1)35-23-25-36(26-24-35)37-27-30-41(31-28-37)51(42-17-8-16-40(33-42)44-20-9-15-38-13-4-6-18-43(38)44)47-21-10-22-48-49(47)46-32-29-39-14-5-7-19-45(39)50(46)52-48/h1-33H/i27D,28D,30D,31D. The Balaban J connectivity index is 1.22. The Bertz CT molecular complexity index is 3100. The van der Waals surface area contributed by atoms with Crippen LogP contribution in [-0.2, 0) is 0 Å². The summed E-state index contributed by atoms with van der Waals surface area (Å²) in [5, 5.41) is 6.01. The lowest BCUT2D eigenvalue weighted by molar-refractivity contribution is 0.672. The van der Waals surface area contributed by atoms with E-state index in [9.17, 15) is 5.48 Å². The number of anilines is 3. The quantitative estimate of drug-likeness (QED) is 0.175. The number of hydrogen-bond donors (Lipinski definition) is 0. The van der Waals surface area contributed by atoms with E-state index in [0.717, 1.165) is 60.2 Å². The first kappa shape index (κ1) is 26.0. The lowest BCUT2D eigenvalue weighted by atomic mass is 9.97. The van der Waals surface area contributed by atoms with Gasteiger partial charge in [-0.2, -0.15) is 0 Å². The van der Waals surface area contributed by atoms with Crippen molar-refractivity contribution in [3.05, 3.63) is 200 Å². The average molecular weight is 668 g/mol. The smallest absolute Gasteiger partial charge is 0.143 e. The number of furan rings is 1. The number of rotatable bonds is 6. The first-order chi connectivity index (χ1) is 27.5. The molecule has 0 fully saturated rings. The normalized spacial score (nSPS) is 12.5. The zero-order valence-electron chi connectivity index (χ0n) is 32.1. The highest BCUT2D eigenvalue weighted by atomic mass is 16.3. The van der Waals surface area contributed by atoms with E-state index in [4.69, 9.17) is 4.42 Å². The summed E-state index contributed by atoms with van der Waals surface area (Å²) in [4.78, 5) is 1.88. The van der Waals surface area contributed by atoms with E-state index in [1.807, 2.05) is 114 Å². The molecule has 0 saturated carbocycles. The minimum Gasteiger partial charge on any atom is -0.455 e. The maximum Gasteiger partial charge on any atom is 0.143 e. The van der Waals surface area contributed by atoms with Gasteiger partial charge >= 0.3 is 0 Å². The Kier molecular flexibility index (Phi) is 6.22. The van der Waals surface area contributed by atoms with Gasteiger partial charge in [0.15, 0.2) is 0 Å². The third-order valence-electron chi connectivity index (χ3n) is 9.93. The van der Waals surface area contributed by atoms with Gasteiger partial charge in [0.2, 0.25) is 0 Å². The van der Waals surface area contributed by atoms with Gasteiger partial charge in [0.05, 0.1) is 16.6 Å². The highest BCUT2D eigenvalue weighted by Gasteiger charge is 2.21. The van der Waals surface area contributed by atoms with Crippen LogP contribution in [0.2, 0.25) is 0 Å². The number of fused-ring (bicyclic) bond motifs is 6. The third kappa shape index (κ3) is 5.12. The second kappa shape index (κ2) is 12.5. The molecule has 52 heavy (non-hydrogen) atoms. The van der Waals surface area contributed by atoms with Gasteiger partial charge in [-0.15, -0.1) is 0 Å². The predicted molar refractivity (Wildman–Crippen MR) is 220 cm³/mol. The fraction of sp³-hybridized carbons (Fsp3) is 0. The summed E-state index contributed by atoms with van der Waals surface area (Å²) in [5.41, 5.74) is 7.91. The van der Waals surface area contributed by atoms with E-state index in [1.165, 1.54) is 0 Å². The van der Waals surface area contributed by atoms with Gasteiger partial charge in [0, 0.05) is 22.1 Å². The molecular formula is C50H33NO. The van der Waals surface area contributed by atoms with Crippen LogP contribution in [0.15, 0.2) is 205 Å². The fourth-order valence-electron chi connectivity index (χ4n) is 7.42. The summed E-state index contributed by atoms with van der Waals surface area (Å²) in [5.74, 6) is 0. The van der Waals surface area contributed by atoms with E-state index < -0.39 is 0 Å². The largest absolute Gasteiger partial charge is 0.455 e. The first-order valence-electron chi connectivity index (χ1n) is 19.4. The first-order valence-corrected chi connectivity index (χ1v) is 17.4. The molecule has 2 heteroatoms. The van der Waals surface area contributed by atoms with E-state index in [0.29, 0.717) is 22.5 Å². The molecule has 0 bridgehead atoms. The van der Waals surface area contributed by atoms with Gasteiger partial charge in [0.1, 0.15) is 11.2 Å². The van der Waals surface area contributed by atoms with Crippen LogP contribution in [0.1, 0.15) is 5.48 Å². The molecule has 1 aromatic heterocycles. The van der Waals surface area contributed by atoms with Crippen LogP contribution >= 0.6 is 0 Å². The van der Waals surface area contributed by atoms with Crippen molar-refractivity contribution in [2.45, 2.75) is 0 Å². The molecule has 10 aromatic rings. The van der Waals surface area contributed by atoms with Crippen molar-refractivity contribution in [3.63, 3.8) is 0 Å². The van der Waals surface area contributed by atoms with Crippen molar-refractivity contribution in [2.24, 2.45) is 0 Å². The van der Waals surface area contributed by atoms with Gasteiger partial charge in [-0.05, 0) is 92.0 Å².